The van der Waals surface area contributed by atoms with Crippen LogP contribution >= 0.6 is 12.2 Å². The molecular weight excluding hydrogens is 438 g/mol. The number of anilines is 1. The second-order valence-corrected chi connectivity index (χ2v) is 8.87. The Balaban J connectivity index is 1.72. The Morgan fingerprint density at radius 1 is 1.06 bits per heavy atom. The second kappa shape index (κ2) is 9.39. The number of amides is 2. The molecule has 2 heterocycles. The number of thiocarbonyl (C=S) groups is 1. The van der Waals surface area contributed by atoms with E-state index in [1.165, 1.54) is 31.3 Å². The molecule has 1 aliphatic heterocycles. The van der Waals surface area contributed by atoms with Gasteiger partial charge in [0.25, 0.3) is 11.8 Å². The molecule has 1 saturated heterocycles. The van der Waals surface area contributed by atoms with E-state index in [-0.39, 0.29) is 10.7 Å². The minimum Gasteiger partial charge on any atom is -0.497 e. The van der Waals surface area contributed by atoms with E-state index in [1.54, 1.807) is 31.4 Å². The van der Waals surface area contributed by atoms with Crippen LogP contribution in [-0.4, -0.2) is 35.7 Å². The number of aryl methyl sites for hydroxylation is 1. The minimum absolute atomic E-state index is 0.0123. The molecule has 2 fully saturated rings. The maximum absolute atomic E-state index is 13.5. The molecule has 1 saturated carbocycles. The fraction of sp³-hybridized carbons (Fsp3) is 0.400. The van der Waals surface area contributed by atoms with Crippen molar-refractivity contribution >= 4 is 40.9 Å². The smallest absolute Gasteiger partial charge is 0.270 e. The Kier molecular flexibility index (Phi) is 6.56. The number of ether oxygens (including phenoxy) is 2. The zero-order valence-electron chi connectivity index (χ0n) is 19.4. The van der Waals surface area contributed by atoms with Crippen molar-refractivity contribution in [3.8, 4) is 11.5 Å². The predicted molar refractivity (Wildman–Crippen MR) is 132 cm³/mol. The lowest BCUT2D eigenvalue weighted by atomic mass is 9.95. The molecule has 2 amide bonds. The summed E-state index contributed by atoms with van der Waals surface area (Å²) >= 11 is 5.34. The Bertz CT molecular complexity index is 1140. The predicted octanol–water partition coefficient (Wildman–Crippen LogP) is 4.46. The summed E-state index contributed by atoms with van der Waals surface area (Å²) in [6, 6.07) is 7.58. The molecule has 7 nitrogen and oxygen atoms in total. The first-order valence-electron chi connectivity index (χ1n) is 11.2. The van der Waals surface area contributed by atoms with Gasteiger partial charge in [0, 0.05) is 23.5 Å². The van der Waals surface area contributed by atoms with E-state index in [0.29, 0.717) is 23.2 Å². The van der Waals surface area contributed by atoms with Gasteiger partial charge in [-0.1, -0.05) is 19.3 Å². The van der Waals surface area contributed by atoms with E-state index in [4.69, 9.17) is 21.7 Å². The lowest BCUT2D eigenvalue weighted by molar-refractivity contribution is -0.122. The van der Waals surface area contributed by atoms with E-state index in [9.17, 15) is 9.59 Å². The highest BCUT2D eigenvalue weighted by molar-refractivity contribution is 7.80. The lowest BCUT2D eigenvalue weighted by Gasteiger charge is -2.30. The van der Waals surface area contributed by atoms with Gasteiger partial charge in [-0.3, -0.25) is 14.9 Å². The van der Waals surface area contributed by atoms with Crippen molar-refractivity contribution in [2.24, 2.45) is 0 Å². The first-order chi connectivity index (χ1) is 15.8. The van der Waals surface area contributed by atoms with Gasteiger partial charge in [0.05, 0.1) is 19.9 Å². The molecule has 8 heteroatoms. The molecule has 0 unspecified atom stereocenters. The average Bonchev–Trinajstić information content (AvgIpc) is 3.09. The number of benzene rings is 1. The van der Waals surface area contributed by atoms with Crippen molar-refractivity contribution in [1.29, 1.82) is 0 Å². The van der Waals surface area contributed by atoms with Gasteiger partial charge >= 0.3 is 0 Å². The summed E-state index contributed by atoms with van der Waals surface area (Å²) in [5.41, 5.74) is 3.54. The van der Waals surface area contributed by atoms with E-state index in [0.717, 1.165) is 29.8 Å². The van der Waals surface area contributed by atoms with Crippen LogP contribution < -0.4 is 19.7 Å². The molecule has 0 radical (unpaired) electrons. The van der Waals surface area contributed by atoms with E-state index < -0.39 is 11.8 Å². The molecule has 2 aliphatic rings. The van der Waals surface area contributed by atoms with E-state index in [1.807, 2.05) is 13.0 Å². The van der Waals surface area contributed by atoms with Crippen LogP contribution in [0.4, 0.5) is 5.69 Å². The highest BCUT2D eigenvalue weighted by Gasteiger charge is 2.36. The van der Waals surface area contributed by atoms with Gasteiger partial charge in [-0.2, -0.15) is 0 Å². The number of methoxy groups -OCH3 is 2. The van der Waals surface area contributed by atoms with Crippen molar-refractivity contribution in [3.63, 3.8) is 0 Å². The quantitative estimate of drug-likeness (QED) is 0.399. The maximum atomic E-state index is 13.5. The van der Waals surface area contributed by atoms with Crippen molar-refractivity contribution in [1.82, 2.24) is 9.88 Å². The highest BCUT2D eigenvalue weighted by Crippen LogP contribution is 2.36. The lowest BCUT2D eigenvalue weighted by Crippen LogP contribution is -2.54. The number of aromatic nitrogens is 1. The molecule has 174 valence electrons. The molecule has 2 aromatic rings. The fourth-order valence-corrected chi connectivity index (χ4v) is 5.13. The van der Waals surface area contributed by atoms with Crippen LogP contribution in [-0.2, 0) is 9.59 Å². The second-order valence-electron chi connectivity index (χ2n) is 8.48. The number of hydrogen-bond acceptors (Lipinski definition) is 5. The SMILES string of the molecule is COc1ccc(N2C(=O)/C(=C/c3cc(C)n(C4CCCCC4)c3C)C(=O)NC2=S)c(OC)c1. The summed E-state index contributed by atoms with van der Waals surface area (Å²) in [5.74, 6) is 0.00263. The van der Waals surface area contributed by atoms with Gasteiger partial charge in [0.1, 0.15) is 17.1 Å². The normalized spacial score (nSPS) is 18.6. The zero-order chi connectivity index (χ0) is 23.7. The maximum Gasteiger partial charge on any atom is 0.270 e. The van der Waals surface area contributed by atoms with Crippen molar-refractivity contribution in [3.05, 3.63) is 46.8 Å². The highest BCUT2D eigenvalue weighted by atomic mass is 32.1. The summed E-state index contributed by atoms with van der Waals surface area (Å²) < 4.78 is 13.1. The van der Waals surface area contributed by atoms with E-state index >= 15 is 0 Å². The van der Waals surface area contributed by atoms with Gasteiger partial charge in [0.2, 0.25) is 0 Å². The molecule has 1 N–H and O–H groups in total. The standard InChI is InChI=1S/C25H29N3O4S/c1-15-12-17(16(2)27(15)18-8-6-5-7-9-18)13-20-23(29)26-25(33)28(24(20)30)21-11-10-19(31-3)14-22(21)32-4/h10-14,18H,5-9H2,1-4H3,(H,26,29,33)/b20-13+. The fourth-order valence-electron chi connectivity index (χ4n) is 4.85. The van der Waals surface area contributed by atoms with Crippen molar-refractivity contribution in [2.45, 2.75) is 52.0 Å². The molecular formula is C25H29N3O4S. The number of nitrogens with one attached hydrogen (secondary N) is 1. The summed E-state index contributed by atoms with van der Waals surface area (Å²) in [5, 5.41) is 2.66. The van der Waals surface area contributed by atoms with Crippen molar-refractivity contribution in [2.75, 3.05) is 19.1 Å². The summed E-state index contributed by atoms with van der Waals surface area (Å²) in [6.07, 6.45) is 7.73. The molecule has 4 rings (SSSR count). The van der Waals surface area contributed by atoms with Crippen LogP contribution in [0, 0.1) is 13.8 Å². The van der Waals surface area contributed by atoms with Gasteiger partial charge in [-0.15, -0.1) is 0 Å². The Morgan fingerprint density at radius 2 is 1.79 bits per heavy atom. The van der Waals surface area contributed by atoms with Crippen LogP contribution in [0.2, 0.25) is 0 Å². The van der Waals surface area contributed by atoms with Crippen molar-refractivity contribution < 1.29 is 19.1 Å². The summed E-state index contributed by atoms with van der Waals surface area (Å²) in [4.78, 5) is 27.6. The number of rotatable bonds is 5. The number of carbonyl (C=O) groups excluding carboxylic acids is 2. The van der Waals surface area contributed by atoms with Gasteiger partial charge in [-0.25, -0.2) is 4.90 Å². The van der Waals surface area contributed by atoms with Crippen LogP contribution in [0.15, 0.2) is 29.8 Å². The Hall–Kier alpha value is -3.13. The Morgan fingerprint density at radius 3 is 2.45 bits per heavy atom. The topological polar surface area (TPSA) is 72.8 Å². The number of carbonyl (C=O) groups is 2. The third-order valence-corrected chi connectivity index (χ3v) is 6.78. The van der Waals surface area contributed by atoms with Crippen LogP contribution in [0.25, 0.3) is 6.08 Å². The van der Waals surface area contributed by atoms with Crippen LogP contribution in [0.1, 0.15) is 55.1 Å². The summed E-state index contributed by atoms with van der Waals surface area (Å²) in [6.45, 7) is 4.13. The zero-order valence-corrected chi connectivity index (χ0v) is 20.3. The molecule has 0 spiro atoms. The number of nitrogens with zero attached hydrogens (tertiary/aromatic N) is 2. The molecule has 1 aliphatic carbocycles. The molecule has 0 atom stereocenters. The molecule has 1 aromatic heterocycles. The van der Waals surface area contributed by atoms with Crippen LogP contribution in [0.5, 0.6) is 11.5 Å². The molecule has 33 heavy (non-hydrogen) atoms. The first kappa shape index (κ1) is 23.0. The van der Waals surface area contributed by atoms with Crippen LogP contribution in [0.3, 0.4) is 0 Å². The van der Waals surface area contributed by atoms with Gasteiger partial charge < -0.3 is 14.0 Å². The molecule has 1 aromatic carbocycles. The molecule has 0 bridgehead atoms. The number of hydrogen-bond donors (Lipinski definition) is 1. The van der Waals surface area contributed by atoms with Gasteiger partial charge in [0.15, 0.2) is 5.11 Å². The monoisotopic (exact) mass is 467 g/mol. The Labute approximate surface area is 199 Å². The van der Waals surface area contributed by atoms with Gasteiger partial charge in [-0.05, 0) is 68.7 Å². The summed E-state index contributed by atoms with van der Waals surface area (Å²) in [7, 11) is 3.06. The minimum atomic E-state index is -0.504. The largest absolute Gasteiger partial charge is 0.497 e. The third kappa shape index (κ3) is 4.27. The van der Waals surface area contributed by atoms with E-state index in [2.05, 4.69) is 16.8 Å². The average molecular weight is 468 g/mol. The third-order valence-electron chi connectivity index (χ3n) is 6.49. The first-order valence-corrected chi connectivity index (χ1v) is 11.6.